The second kappa shape index (κ2) is 8.31. The number of nitriles is 1. The van der Waals surface area contributed by atoms with Gasteiger partial charge in [0.25, 0.3) is 11.1 Å². The number of benzene rings is 3. The second-order valence-corrected chi connectivity index (χ2v) is 7.38. The van der Waals surface area contributed by atoms with Gasteiger partial charge < -0.3 is 9.47 Å². The van der Waals surface area contributed by atoms with Gasteiger partial charge >= 0.3 is 0 Å². The smallest absolute Gasteiger partial charge is 0.290 e. The fourth-order valence-corrected chi connectivity index (χ4v) is 3.80. The van der Waals surface area contributed by atoms with Crippen molar-refractivity contribution >= 4 is 39.8 Å². The molecular weight excluding hydrogens is 400 g/mol. The highest BCUT2D eigenvalue weighted by atomic mass is 32.2. The first-order valence-electron chi connectivity index (χ1n) is 9.20. The van der Waals surface area contributed by atoms with Crippen LogP contribution in [-0.2, 0) is 4.79 Å². The van der Waals surface area contributed by atoms with Crippen molar-refractivity contribution in [1.29, 1.82) is 5.26 Å². The van der Waals surface area contributed by atoms with E-state index in [2.05, 4.69) is 11.4 Å². The Morgan fingerprint density at radius 3 is 2.50 bits per heavy atom. The van der Waals surface area contributed by atoms with E-state index in [1.807, 2.05) is 31.2 Å². The van der Waals surface area contributed by atoms with Crippen LogP contribution in [0.2, 0.25) is 0 Å². The third kappa shape index (κ3) is 3.86. The fourth-order valence-electron chi connectivity index (χ4n) is 3.12. The molecule has 2 amide bonds. The molecule has 0 radical (unpaired) electrons. The predicted molar refractivity (Wildman–Crippen MR) is 115 cm³/mol. The molecule has 1 aliphatic rings. The minimum atomic E-state index is -0.410. The number of carbonyl (C=O) groups excluding carboxylic acids is 2. The molecule has 1 N–H and O–H groups in total. The van der Waals surface area contributed by atoms with Crippen LogP contribution >= 0.6 is 11.8 Å². The molecule has 4 rings (SSSR count). The highest BCUT2D eigenvalue weighted by Gasteiger charge is 2.25. The molecule has 7 heteroatoms. The molecule has 3 aromatic carbocycles. The number of nitrogens with one attached hydrogen (secondary N) is 1. The summed E-state index contributed by atoms with van der Waals surface area (Å²) in [6.45, 7) is 2.29. The molecule has 0 unspecified atom stereocenters. The molecule has 0 aliphatic carbocycles. The molecule has 0 aromatic heterocycles. The fraction of sp³-hybridized carbons (Fsp3) is 0.0870. The zero-order valence-corrected chi connectivity index (χ0v) is 16.8. The minimum Gasteiger partial charge on any atom is -0.490 e. The summed E-state index contributed by atoms with van der Waals surface area (Å²) in [5.74, 6) is 1.21. The average Bonchev–Trinajstić information content (AvgIpc) is 3.06. The molecular formula is C23H16N2O4S. The van der Waals surface area contributed by atoms with E-state index in [-0.39, 0.29) is 5.24 Å². The number of carbonyl (C=O) groups is 2. The van der Waals surface area contributed by atoms with Crippen molar-refractivity contribution < 1.29 is 19.1 Å². The maximum absolute atomic E-state index is 11.8. The Balaban J connectivity index is 1.71. The maximum Gasteiger partial charge on any atom is 0.290 e. The number of hydrogen-bond donors (Lipinski definition) is 1. The Hall–Kier alpha value is -3.76. The zero-order valence-electron chi connectivity index (χ0n) is 16.0. The summed E-state index contributed by atoms with van der Waals surface area (Å²) in [6.07, 6.45) is 1.63. The van der Waals surface area contributed by atoms with E-state index < -0.39 is 5.91 Å². The first-order valence-corrected chi connectivity index (χ1v) is 10.0. The van der Waals surface area contributed by atoms with Crippen molar-refractivity contribution in [2.45, 2.75) is 6.92 Å². The summed E-state index contributed by atoms with van der Waals surface area (Å²) >= 11 is 0.863. The summed E-state index contributed by atoms with van der Waals surface area (Å²) in [6, 6.07) is 18.5. The van der Waals surface area contributed by atoms with Gasteiger partial charge in [-0.2, -0.15) is 5.26 Å². The summed E-state index contributed by atoms with van der Waals surface area (Å²) in [7, 11) is 0. The average molecular weight is 416 g/mol. The SMILES string of the molecule is CCOc1cc(C=C2SC(=O)NC2=O)ccc1Oc1ccc(C#N)c2ccccc12. The Morgan fingerprint density at radius 2 is 1.80 bits per heavy atom. The van der Waals surface area contributed by atoms with Gasteiger partial charge in [0, 0.05) is 10.8 Å². The second-order valence-electron chi connectivity index (χ2n) is 6.36. The number of rotatable bonds is 5. The largest absolute Gasteiger partial charge is 0.490 e. The van der Waals surface area contributed by atoms with E-state index in [1.54, 1.807) is 36.4 Å². The van der Waals surface area contributed by atoms with Crippen molar-refractivity contribution in [3.05, 3.63) is 70.6 Å². The van der Waals surface area contributed by atoms with Crippen LogP contribution in [0.4, 0.5) is 4.79 Å². The minimum absolute atomic E-state index is 0.328. The van der Waals surface area contributed by atoms with Crippen LogP contribution < -0.4 is 14.8 Å². The number of hydrogen-bond acceptors (Lipinski definition) is 6. The molecule has 1 fully saturated rings. The Labute approximate surface area is 177 Å². The molecule has 30 heavy (non-hydrogen) atoms. The monoisotopic (exact) mass is 416 g/mol. The van der Waals surface area contributed by atoms with Crippen molar-refractivity contribution in [3.63, 3.8) is 0 Å². The summed E-state index contributed by atoms with van der Waals surface area (Å²) in [5.41, 5.74) is 1.29. The number of fused-ring (bicyclic) bond motifs is 1. The third-order valence-electron chi connectivity index (χ3n) is 4.43. The predicted octanol–water partition coefficient (Wildman–Crippen LogP) is 5.23. The van der Waals surface area contributed by atoms with Crippen LogP contribution in [0.5, 0.6) is 17.2 Å². The number of amides is 2. The zero-order chi connectivity index (χ0) is 21.1. The lowest BCUT2D eigenvalue weighted by Crippen LogP contribution is -2.17. The lowest BCUT2D eigenvalue weighted by molar-refractivity contribution is -0.115. The molecule has 0 spiro atoms. The first-order chi connectivity index (χ1) is 14.6. The van der Waals surface area contributed by atoms with Gasteiger partial charge in [-0.05, 0) is 54.6 Å². The molecule has 0 atom stereocenters. The summed E-state index contributed by atoms with van der Waals surface area (Å²) < 4.78 is 11.9. The maximum atomic E-state index is 11.8. The number of thioether (sulfide) groups is 1. The van der Waals surface area contributed by atoms with Crippen molar-refractivity contribution in [2.75, 3.05) is 6.61 Å². The van der Waals surface area contributed by atoms with E-state index in [0.717, 1.165) is 22.5 Å². The van der Waals surface area contributed by atoms with E-state index >= 15 is 0 Å². The quantitative estimate of drug-likeness (QED) is 0.573. The van der Waals surface area contributed by atoms with Crippen LogP contribution in [-0.4, -0.2) is 17.8 Å². The molecule has 6 nitrogen and oxygen atoms in total. The van der Waals surface area contributed by atoms with Gasteiger partial charge in [-0.25, -0.2) is 0 Å². The molecule has 0 saturated carbocycles. The van der Waals surface area contributed by atoms with Gasteiger partial charge in [0.1, 0.15) is 5.75 Å². The van der Waals surface area contributed by atoms with Crippen molar-refractivity contribution in [1.82, 2.24) is 5.32 Å². The van der Waals surface area contributed by atoms with Crippen LogP contribution in [0.3, 0.4) is 0 Å². The normalized spacial score (nSPS) is 14.6. The van der Waals surface area contributed by atoms with Gasteiger partial charge in [-0.1, -0.05) is 30.3 Å². The lowest BCUT2D eigenvalue weighted by Gasteiger charge is -2.14. The molecule has 3 aromatic rings. The van der Waals surface area contributed by atoms with Gasteiger partial charge in [0.15, 0.2) is 11.5 Å². The number of ether oxygens (including phenoxy) is 2. The van der Waals surface area contributed by atoms with Crippen molar-refractivity contribution in [2.24, 2.45) is 0 Å². The van der Waals surface area contributed by atoms with Gasteiger partial charge in [-0.3, -0.25) is 14.9 Å². The highest BCUT2D eigenvalue weighted by Crippen LogP contribution is 2.37. The third-order valence-corrected chi connectivity index (χ3v) is 5.24. The van der Waals surface area contributed by atoms with E-state index in [0.29, 0.717) is 39.9 Å². The van der Waals surface area contributed by atoms with E-state index in [1.165, 1.54) is 0 Å². The summed E-state index contributed by atoms with van der Waals surface area (Å²) in [5, 5.41) is 12.8. The van der Waals surface area contributed by atoms with Gasteiger partial charge in [-0.15, -0.1) is 0 Å². The molecule has 0 bridgehead atoms. The standard InChI is InChI=1S/C23H16N2O4S/c1-2-28-20-11-14(12-21-22(26)25-23(27)30-21)7-9-19(20)29-18-10-8-15(13-24)16-5-3-4-6-17(16)18/h3-12H,2H2,1H3,(H,25,26,27). The molecule has 148 valence electrons. The van der Waals surface area contributed by atoms with Crippen LogP contribution in [0.15, 0.2) is 59.5 Å². The topological polar surface area (TPSA) is 88.4 Å². The van der Waals surface area contributed by atoms with E-state index in [9.17, 15) is 14.9 Å². The number of nitrogens with zero attached hydrogens (tertiary/aromatic N) is 1. The van der Waals surface area contributed by atoms with Crippen LogP contribution in [0, 0.1) is 11.3 Å². The van der Waals surface area contributed by atoms with Gasteiger partial charge in [0.2, 0.25) is 0 Å². The van der Waals surface area contributed by atoms with Crippen LogP contribution in [0.1, 0.15) is 18.1 Å². The van der Waals surface area contributed by atoms with Crippen molar-refractivity contribution in [3.8, 4) is 23.3 Å². The van der Waals surface area contributed by atoms with Crippen LogP contribution in [0.25, 0.3) is 16.8 Å². The Bertz CT molecular complexity index is 1240. The first kappa shape index (κ1) is 19.6. The Morgan fingerprint density at radius 1 is 1.03 bits per heavy atom. The lowest BCUT2D eigenvalue weighted by atomic mass is 10.0. The number of imide groups is 1. The Kier molecular flexibility index (Phi) is 5.42. The molecule has 1 aliphatic heterocycles. The highest BCUT2D eigenvalue weighted by molar-refractivity contribution is 8.18. The van der Waals surface area contributed by atoms with E-state index in [4.69, 9.17) is 9.47 Å². The van der Waals surface area contributed by atoms with Gasteiger partial charge in [0.05, 0.1) is 23.1 Å². The molecule has 1 saturated heterocycles. The molecule has 1 heterocycles. The summed E-state index contributed by atoms with van der Waals surface area (Å²) in [4.78, 5) is 23.5.